The molecule has 18 heteroatoms. The van der Waals surface area contributed by atoms with Crippen molar-refractivity contribution in [1.29, 1.82) is 0 Å². The molecule has 1 aliphatic carbocycles. The van der Waals surface area contributed by atoms with Crippen molar-refractivity contribution in [3.05, 3.63) is 102 Å². The summed E-state index contributed by atoms with van der Waals surface area (Å²) in [7, 11) is 0. The van der Waals surface area contributed by atoms with Crippen LogP contribution in [0.3, 0.4) is 0 Å². The number of hydrogen-bond acceptors (Lipinski definition) is 13. The minimum Gasteiger partial charge on any atom is -0.369 e. The van der Waals surface area contributed by atoms with Crippen molar-refractivity contribution in [3.63, 3.8) is 0 Å². The van der Waals surface area contributed by atoms with Crippen LogP contribution in [0, 0.1) is 5.82 Å². The number of amides is 5. The molecular formula is C47H51FN12O5. The molecule has 10 rings (SSSR count). The summed E-state index contributed by atoms with van der Waals surface area (Å²) in [6.07, 6.45) is 6.50. The Kier molecular flexibility index (Phi) is 11.7. The number of hydrogen-bond donors (Lipinski definition) is 3. The van der Waals surface area contributed by atoms with Gasteiger partial charge in [-0.25, -0.2) is 19.3 Å². The van der Waals surface area contributed by atoms with E-state index in [1.807, 2.05) is 41.6 Å². The molecule has 1 atom stereocenters. The summed E-state index contributed by atoms with van der Waals surface area (Å²) >= 11 is 0. The molecule has 5 aromatic rings. The van der Waals surface area contributed by atoms with Crippen LogP contribution >= 0.6 is 0 Å². The fraction of sp³-hybridized carbons (Fsp3) is 0.404. The summed E-state index contributed by atoms with van der Waals surface area (Å²) in [6.45, 7) is 8.37. The first-order chi connectivity index (χ1) is 31.6. The second-order valence-electron chi connectivity index (χ2n) is 17.6. The van der Waals surface area contributed by atoms with Crippen molar-refractivity contribution in [2.45, 2.75) is 56.7 Å². The van der Waals surface area contributed by atoms with Crippen molar-refractivity contribution >= 4 is 63.6 Å². The maximum Gasteiger partial charge on any atom is 0.262 e. The molecule has 0 spiro atoms. The number of piperazine rings is 2. The van der Waals surface area contributed by atoms with E-state index in [1.54, 1.807) is 6.33 Å². The minimum atomic E-state index is -1.09. The van der Waals surface area contributed by atoms with Crippen LogP contribution in [0.25, 0.3) is 11.2 Å². The van der Waals surface area contributed by atoms with Gasteiger partial charge in [0.15, 0.2) is 17.0 Å². The SMILES string of the molecule is O=C1CCC(N2C(=O)c3cc(F)c(N4CCN(CCCN5CCN(c6ccc(Nc7ncnc8c7ncn8C7CC(NC(=O)Cc8ccccc8)C7)cc6)CC5)CC4)cc3C2=O)C(=O)N1. The van der Waals surface area contributed by atoms with Crippen LogP contribution in [-0.4, -0.2) is 141 Å². The molecule has 65 heavy (non-hydrogen) atoms. The van der Waals surface area contributed by atoms with E-state index in [0.29, 0.717) is 30.8 Å². The number of anilines is 4. The highest BCUT2D eigenvalue weighted by atomic mass is 19.1. The lowest BCUT2D eigenvalue weighted by molar-refractivity contribution is -0.136. The molecule has 5 aliphatic rings. The normalized spacial score (nSPS) is 21.7. The number of nitrogens with zero attached hydrogens (tertiary/aromatic N) is 9. The fourth-order valence-corrected chi connectivity index (χ4v) is 9.78. The maximum atomic E-state index is 15.4. The Morgan fingerprint density at radius 1 is 0.785 bits per heavy atom. The molecule has 3 N–H and O–H groups in total. The lowest BCUT2D eigenvalue weighted by Gasteiger charge is -2.38. The van der Waals surface area contributed by atoms with Gasteiger partial charge in [-0.1, -0.05) is 30.3 Å². The number of carbonyl (C=O) groups is 5. The number of imide groups is 2. The van der Waals surface area contributed by atoms with Gasteiger partial charge >= 0.3 is 0 Å². The maximum absolute atomic E-state index is 15.4. The average molecular weight is 883 g/mol. The van der Waals surface area contributed by atoms with E-state index >= 15 is 4.39 Å². The van der Waals surface area contributed by atoms with Crippen LogP contribution in [-0.2, 0) is 20.8 Å². The number of fused-ring (bicyclic) bond motifs is 2. The van der Waals surface area contributed by atoms with E-state index in [9.17, 15) is 24.0 Å². The highest BCUT2D eigenvalue weighted by Crippen LogP contribution is 2.36. The molecule has 4 aliphatic heterocycles. The number of carbonyl (C=O) groups excluding carboxylic acids is 5. The largest absolute Gasteiger partial charge is 0.369 e. The van der Waals surface area contributed by atoms with Gasteiger partial charge in [-0.3, -0.25) is 44.0 Å². The number of aromatic nitrogens is 4. The monoisotopic (exact) mass is 882 g/mol. The Hall–Kier alpha value is -6.79. The van der Waals surface area contributed by atoms with Gasteiger partial charge in [0, 0.05) is 82.2 Å². The van der Waals surface area contributed by atoms with Crippen LogP contribution in [0.4, 0.5) is 27.3 Å². The Bertz CT molecular complexity index is 2620. The summed E-state index contributed by atoms with van der Waals surface area (Å²) < 4.78 is 17.5. The van der Waals surface area contributed by atoms with E-state index in [1.165, 1.54) is 11.8 Å². The van der Waals surface area contributed by atoms with E-state index in [4.69, 9.17) is 0 Å². The van der Waals surface area contributed by atoms with Gasteiger partial charge in [0.2, 0.25) is 17.7 Å². The number of halogens is 1. The number of benzene rings is 3. The average Bonchev–Trinajstić information content (AvgIpc) is 3.83. The molecule has 6 heterocycles. The number of imidazole rings is 1. The molecule has 2 aromatic heterocycles. The second kappa shape index (κ2) is 18.0. The van der Waals surface area contributed by atoms with E-state index in [2.05, 4.69) is 74.4 Å². The third-order valence-corrected chi connectivity index (χ3v) is 13.5. The molecule has 0 bridgehead atoms. The topological polar surface area (TPSA) is 181 Å². The summed E-state index contributed by atoms with van der Waals surface area (Å²) in [5.41, 5.74) is 4.86. The Balaban J connectivity index is 0.650. The van der Waals surface area contributed by atoms with Crippen LogP contribution in [0.5, 0.6) is 0 Å². The van der Waals surface area contributed by atoms with Gasteiger partial charge < -0.3 is 25.0 Å². The second-order valence-corrected chi connectivity index (χ2v) is 17.6. The number of piperidine rings is 1. The molecule has 4 fully saturated rings. The van der Waals surface area contributed by atoms with Crippen LogP contribution < -0.4 is 25.8 Å². The van der Waals surface area contributed by atoms with E-state index in [-0.39, 0.29) is 47.6 Å². The minimum absolute atomic E-state index is 0.0228. The van der Waals surface area contributed by atoms with Crippen LogP contribution in [0.1, 0.15) is 64.4 Å². The summed E-state index contributed by atoms with van der Waals surface area (Å²) in [4.78, 5) is 86.9. The predicted octanol–water partition coefficient (Wildman–Crippen LogP) is 3.51. The molecule has 1 saturated carbocycles. The van der Waals surface area contributed by atoms with Gasteiger partial charge in [0.25, 0.3) is 11.8 Å². The number of rotatable bonds is 13. The summed E-state index contributed by atoms with van der Waals surface area (Å²) in [6, 6.07) is 20.0. The quantitative estimate of drug-likeness (QED) is 0.147. The van der Waals surface area contributed by atoms with Gasteiger partial charge in [-0.05, 0) is 80.7 Å². The van der Waals surface area contributed by atoms with E-state index in [0.717, 1.165) is 99.5 Å². The molecule has 17 nitrogen and oxygen atoms in total. The molecule has 0 radical (unpaired) electrons. The number of nitrogens with one attached hydrogen (secondary N) is 3. The fourth-order valence-electron chi connectivity index (χ4n) is 9.78. The third-order valence-electron chi connectivity index (χ3n) is 13.5. The Labute approximate surface area is 375 Å². The van der Waals surface area contributed by atoms with Crippen molar-refractivity contribution < 1.29 is 28.4 Å². The summed E-state index contributed by atoms with van der Waals surface area (Å²) in [5.74, 6) is -2.38. The van der Waals surface area contributed by atoms with Crippen molar-refractivity contribution in [1.82, 2.24) is 44.9 Å². The molecule has 336 valence electrons. The Morgan fingerprint density at radius 3 is 2.15 bits per heavy atom. The highest BCUT2D eigenvalue weighted by molar-refractivity contribution is 6.23. The molecular weight excluding hydrogens is 832 g/mol. The molecule has 1 unspecified atom stereocenters. The van der Waals surface area contributed by atoms with Crippen molar-refractivity contribution in [2.24, 2.45) is 0 Å². The molecule has 3 aromatic carbocycles. The zero-order chi connectivity index (χ0) is 44.6. The van der Waals surface area contributed by atoms with Crippen molar-refractivity contribution in [2.75, 3.05) is 80.6 Å². The molecule has 3 saturated heterocycles. The first kappa shape index (κ1) is 42.2. The Morgan fingerprint density at radius 2 is 1.46 bits per heavy atom. The van der Waals surface area contributed by atoms with Crippen LogP contribution in [0.2, 0.25) is 0 Å². The van der Waals surface area contributed by atoms with Gasteiger partial charge in [-0.2, -0.15) is 0 Å². The summed E-state index contributed by atoms with van der Waals surface area (Å²) in [5, 5.41) is 8.79. The highest BCUT2D eigenvalue weighted by Gasteiger charge is 2.45. The smallest absolute Gasteiger partial charge is 0.262 e. The molecule has 5 amide bonds. The predicted molar refractivity (Wildman–Crippen MR) is 240 cm³/mol. The van der Waals surface area contributed by atoms with Gasteiger partial charge in [0.05, 0.1) is 29.6 Å². The first-order valence-corrected chi connectivity index (χ1v) is 22.5. The van der Waals surface area contributed by atoms with E-state index < -0.39 is 35.5 Å². The lowest BCUT2D eigenvalue weighted by atomic mass is 9.86. The zero-order valence-electron chi connectivity index (χ0n) is 36.0. The van der Waals surface area contributed by atoms with Gasteiger partial charge in [-0.15, -0.1) is 0 Å². The standard InChI is InChI=1S/C47H51FN12O5/c48-37-26-35-36(47(65)60(46(35)64)38-11-12-40(61)54-45(38)63)27-39(37)58-21-17-56(18-22-58)14-4-13-55-15-19-57(20-16-55)33-9-7-31(8-10-33)53-43-42-44(50-28-49-43)59(29-51-42)34-24-32(25-34)52-41(62)23-30-5-2-1-3-6-30/h1-3,5-10,26-29,32,34,38H,4,11-25H2,(H,52,62)(H,49,50,53)(H,54,61,63). The zero-order valence-corrected chi connectivity index (χ0v) is 36.0. The van der Waals surface area contributed by atoms with Gasteiger partial charge in [0.1, 0.15) is 18.2 Å². The first-order valence-electron chi connectivity index (χ1n) is 22.5. The van der Waals surface area contributed by atoms with Crippen LogP contribution in [0.15, 0.2) is 79.4 Å². The third kappa shape index (κ3) is 8.75. The lowest BCUT2D eigenvalue weighted by Crippen LogP contribution is -2.54. The van der Waals surface area contributed by atoms with Crippen molar-refractivity contribution in [3.8, 4) is 0 Å².